The second kappa shape index (κ2) is 6.54. The lowest BCUT2D eigenvalue weighted by atomic mass is 10.1. The number of nitrogens with zero attached hydrogens (tertiary/aromatic N) is 2. The lowest BCUT2D eigenvalue weighted by molar-refractivity contribution is 0.670. The van der Waals surface area contributed by atoms with Crippen molar-refractivity contribution in [2.45, 2.75) is 19.9 Å². The molecular formula is C13H15ClIN3. The number of hydrogen-bond acceptors (Lipinski definition) is 2. The van der Waals surface area contributed by atoms with E-state index in [1.807, 2.05) is 29.2 Å². The van der Waals surface area contributed by atoms with Crippen LogP contribution in [0.1, 0.15) is 18.9 Å². The molecule has 0 saturated heterocycles. The molecule has 1 aromatic carbocycles. The molecule has 2 aromatic rings. The number of benzene rings is 1. The molecule has 0 spiro atoms. The van der Waals surface area contributed by atoms with Gasteiger partial charge in [0.2, 0.25) is 0 Å². The van der Waals surface area contributed by atoms with Gasteiger partial charge in [-0.25, -0.2) is 4.68 Å². The Morgan fingerprint density at radius 3 is 2.94 bits per heavy atom. The van der Waals surface area contributed by atoms with Gasteiger partial charge in [0, 0.05) is 17.8 Å². The Balaban J connectivity index is 2.29. The molecule has 0 aliphatic rings. The zero-order valence-corrected chi connectivity index (χ0v) is 13.1. The van der Waals surface area contributed by atoms with Crippen LogP contribution in [0.2, 0.25) is 5.02 Å². The van der Waals surface area contributed by atoms with Crippen molar-refractivity contribution in [1.29, 1.82) is 0 Å². The van der Waals surface area contributed by atoms with Crippen molar-refractivity contribution >= 4 is 34.2 Å². The van der Waals surface area contributed by atoms with Crippen LogP contribution in [0, 0.1) is 3.57 Å². The van der Waals surface area contributed by atoms with Gasteiger partial charge in [0.25, 0.3) is 0 Å². The number of aromatic nitrogens is 2. The van der Waals surface area contributed by atoms with E-state index in [1.54, 1.807) is 0 Å². The van der Waals surface area contributed by atoms with Crippen LogP contribution in [0.25, 0.3) is 5.69 Å². The molecule has 0 aliphatic heterocycles. The summed E-state index contributed by atoms with van der Waals surface area (Å²) in [7, 11) is 0. The van der Waals surface area contributed by atoms with Crippen LogP contribution >= 0.6 is 34.2 Å². The number of hydrogen-bond donors (Lipinski definition) is 1. The van der Waals surface area contributed by atoms with Crippen LogP contribution in [0.5, 0.6) is 0 Å². The molecule has 1 heterocycles. The van der Waals surface area contributed by atoms with Crippen molar-refractivity contribution in [2.75, 3.05) is 6.54 Å². The Bertz CT molecular complexity index is 525. The summed E-state index contributed by atoms with van der Waals surface area (Å²) >= 11 is 8.32. The van der Waals surface area contributed by atoms with E-state index in [1.165, 1.54) is 5.56 Å². The van der Waals surface area contributed by atoms with Crippen molar-refractivity contribution < 1.29 is 0 Å². The highest BCUT2D eigenvalue weighted by atomic mass is 127. The van der Waals surface area contributed by atoms with E-state index in [4.69, 9.17) is 11.6 Å². The van der Waals surface area contributed by atoms with Crippen molar-refractivity contribution in [3.05, 3.63) is 44.7 Å². The van der Waals surface area contributed by atoms with E-state index in [0.29, 0.717) is 0 Å². The van der Waals surface area contributed by atoms with Gasteiger partial charge in [-0.05, 0) is 53.3 Å². The van der Waals surface area contributed by atoms with Gasteiger partial charge in [0.1, 0.15) is 0 Å². The van der Waals surface area contributed by atoms with Crippen LogP contribution in [-0.2, 0) is 6.54 Å². The lowest BCUT2D eigenvalue weighted by Crippen LogP contribution is -2.15. The molecule has 0 radical (unpaired) electrons. The topological polar surface area (TPSA) is 29.9 Å². The summed E-state index contributed by atoms with van der Waals surface area (Å²) in [4.78, 5) is 0. The Hall–Kier alpha value is -0.590. The van der Waals surface area contributed by atoms with E-state index < -0.39 is 0 Å². The average molecular weight is 376 g/mol. The molecule has 3 nitrogen and oxygen atoms in total. The van der Waals surface area contributed by atoms with Crippen LogP contribution in [0.3, 0.4) is 0 Å². The molecule has 1 N–H and O–H groups in total. The second-order valence-corrected chi connectivity index (χ2v) is 5.74. The summed E-state index contributed by atoms with van der Waals surface area (Å²) in [6.07, 6.45) is 4.96. The highest BCUT2D eigenvalue weighted by Crippen LogP contribution is 2.20. The van der Waals surface area contributed by atoms with E-state index in [9.17, 15) is 0 Å². The summed E-state index contributed by atoms with van der Waals surface area (Å²) in [5.41, 5.74) is 2.24. The molecule has 0 unspecified atom stereocenters. The van der Waals surface area contributed by atoms with Crippen molar-refractivity contribution in [1.82, 2.24) is 15.1 Å². The molecule has 0 bridgehead atoms. The van der Waals surface area contributed by atoms with Crippen LogP contribution in [0.15, 0.2) is 30.6 Å². The summed E-state index contributed by atoms with van der Waals surface area (Å²) in [6, 6.07) is 5.92. The van der Waals surface area contributed by atoms with Gasteiger partial charge in [-0.1, -0.05) is 24.6 Å². The fraction of sp³-hybridized carbons (Fsp3) is 0.308. The quantitative estimate of drug-likeness (QED) is 0.639. The van der Waals surface area contributed by atoms with Gasteiger partial charge in [-0.15, -0.1) is 0 Å². The van der Waals surface area contributed by atoms with Crippen LogP contribution in [0.4, 0.5) is 0 Å². The molecule has 0 saturated carbocycles. The maximum Gasteiger partial charge on any atom is 0.0705 e. The number of halogens is 2. The van der Waals surface area contributed by atoms with Crippen molar-refractivity contribution in [3.8, 4) is 5.69 Å². The van der Waals surface area contributed by atoms with Gasteiger partial charge in [0.15, 0.2) is 0 Å². The minimum Gasteiger partial charge on any atom is -0.313 e. The first-order valence-electron chi connectivity index (χ1n) is 5.90. The molecule has 0 aliphatic carbocycles. The minimum atomic E-state index is 0.731. The third-order valence-electron chi connectivity index (χ3n) is 2.59. The fourth-order valence-corrected chi connectivity index (χ4v) is 2.29. The van der Waals surface area contributed by atoms with Gasteiger partial charge in [0.05, 0.1) is 15.5 Å². The summed E-state index contributed by atoms with van der Waals surface area (Å²) in [5.74, 6) is 0. The molecule has 0 atom stereocenters. The standard InChI is InChI=1S/C13H15ClIN3/c1-2-5-16-7-10-3-4-11(14)6-13(10)18-9-12(15)8-17-18/h3-4,6,8-9,16H,2,5,7H2,1H3. The number of nitrogens with one attached hydrogen (secondary N) is 1. The fourth-order valence-electron chi connectivity index (χ4n) is 1.73. The normalized spacial score (nSPS) is 10.8. The second-order valence-electron chi connectivity index (χ2n) is 4.05. The highest BCUT2D eigenvalue weighted by molar-refractivity contribution is 14.1. The largest absolute Gasteiger partial charge is 0.313 e. The van der Waals surface area contributed by atoms with E-state index in [0.717, 1.165) is 33.8 Å². The Kier molecular flexibility index (Phi) is 5.03. The first-order valence-corrected chi connectivity index (χ1v) is 7.36. The third kappa shape index (κ3) is 3.46. The predicted molar refractivity (Wildman–Crippen MR) is 83.3 cm³/mol. The van der Waals surface area contributed by atoms with Crippen LogP contribution < -0.4 is 5.32 Å². The molecule has 1 aromatic heterocycles. The lowest BCUT2D eigenvalue weighted by Gasteiger charge is -2.11. The average Bonchev–Trinajstić information content (AvgIpc) is 2.78. The first kappa shape index (κ1) is 13.8. The van der Waals surface area contributed by atoms with Crippen LogP contribution in [-0.4, -0.2) is 16.3 Å². The van der Waals surface area contributed by atoms with Gasteiger partial charge >= 0.3 is 0 Å². The first-order chi connectivity index (χ1) is 8.70. The molecule has 96 valence electrons. The van der Waals surface area contributed by atoms with E-state index in [-0.39, 0.29) is 0 Å². The predicted octanol–water partition coefficient (Wildman–Crippen LogP) is 3.63. The SMILES string of the molecule is CCCNCc1ccc(Cl)cc1-n1cc(I)cn1. The molecule has 5 heteroatoms. The van der Waals surface area contributed by atoms with Crippen molar-refractivity contribution in [2.24, 2.45) is 0 Å². The van der Waals surface area contributed by atoms with Gasteiger partial charge in [-0.3, -0.25) is 0 Å². The zero-order valence-electron chi connectivity index (χ0n) is 10.2. The maximum absolute atomic E-state index is 6.07. The van der Waals surface area contributed by atoms with Gasteiger partial charge in [-0.2, -0.15) is 5.10 Å². The summed E-state index contributed by atoms with van der Waals surface area (Å²) < 4.78 is 2.98. The van der Waals surface area contributed by atoms with Crippen molar-refractivity contribution in [3.63, 3.8) is 0 Å². The summed E-state index contributed by atoms with van der Waals surface area (Å²) in [6.45, 7) is 4.00. The molecule has 0 amide bonds. The smallest absolute Gasteiger partial charge is 0.0705 e. The molecule has 0 fully saturated rings. The molecule has 18 heavy (non-hydrogen) atoms. The Morgan fingerprint density at radius 1 is 1.44 bits per heavy atom. The minimum absolute atomic E-state index is 0.731. The molecule has 2 rings (SSSR count). The Morgan fingerprint density at radius 2 is 2.28 bits per heavy atom. The summed E-state index contributed by atoms with van der Waals surface area (Å²) in [5, 5.41) is 8.47. The highest BCUT2D eigenvalue weighted by Gasteiger charge is 2.06. The molecular weight excluding hydrogens is 361 g/mol. The van der Waals surface area contributed by atoms with E-state index >= 15 is 0 Å². The number of rotatable bonds is 5. The Labute approximate surface area is 126 Å². The monoisotopic (exact) mass is 375 g/mol. The third-order valence-corrected chi connectivity index (χ3v) is 3.38. The van der Waals surface area contributed by atoms with Gasteiger partial charge < -0.3 is 5.32 Å². The zero-order chi connectivity index (χ0) is 13.0. The van der Waals surface area contributed by atoms with E-state index in [2.05, 4.69) is 46.0 Å². The maximum atomic E-state index is 6.07.